The van der Waals surface area contributed by atoms with Crippen LogP contribution in [0.15, 0.2) is 34.9 Å². The van der Waals surface area contributed by atoms with E-state index in [4.69, 9.17) is 4.52 Å². The number of hydrogen-bond acceptors (Lipinski definition) is 6. The van der Waals surface area contributed by atoms with Crippen LogP contribution < -0.4 is 15.5 Å². The number of aryl methyl sites for hydroxylation is 1. The van der Waals surface area contributed by atoms with Crippen LogP contribution in [0.5, 0.6) is 0 Å². The first-order valence-corrected chi connectivity index (χ1v) is 9.46. The second-order valence-corrected chi connectivity index (χ2v) is 7.24. The van der Waals surface area contributed by atoms with Gasteiger partial charge in [-0.2, -0.15) is 0 Å². The zero-order valence-electron chi connectivity index (χ0n) is 16.8. The lowest BCUT2D eigenvalue weighted by Gasteiger charge is -2.29. The standard InChI is InChI=1S/C20H25N5O4/c1-13-10-19(27)21-15-6-4-5-7-16(15)25(13)20(28)12-24(3)9-8-18(26)22-17-11-14(2)29-23-17/h4-7,11,13H,8-10,12H2,1-3H3,(H,21,27)(H,22,23,26)/t13-/m1/s1. The van der Waals surface area contributed by atoms with Crippen LogP contribution in [-0.4, -0.2) is 54.0 Å². The number of aromatic nitrogens is 1. The van der Waals surface area contributed by atoms with Crippen molar-refractivity contribution in [3.05, 3.63) is 36.1 Å². The second-order valence-electron chi connectivity index (χ2n) is 7.24. The number of nitrogens with zero attached hydrogens (tertiary/aromatic N) is 3. The van der Waals surface area contributed by atoms with Gasteiger partial charge in [0, 0.05) is 31.5 Å². The SMILES string of the molecule is Cc1cc(NC(=O)CCN(C)CC(=O)N2c3ccccc3NC(=O)C[C@H]2C)no1. The number of carbonyl (C=O) groups is 3. The number of anilines is 3. The molecule has 1 aliphatic rings. The van der Waals surface area contributed by atoms with E-state index in [9.17, 15) is 14.4 Å². The number of benzene rings is 1. The number of nitrogens with one attached hydrogen (secondary N) is 2. The van der Waals surface area contributed by atoms with Crippen LogP contribution in [-0.2, 0) is 14.4 Å². The van der Waals surface area contributed by atoms with Gasteiger partial charge in [0.1, 0.15) is 5.76 Å². The highest BCUT2D eigenvalue weighted by Crippen LogP contribution is 2.31. The van der Waals surface area contributed by atoms with Gasteiger partial charge in [0.05, 0.1) is 17.9 Å². The first kappa shape index (κ1) is 20.5. The molecule has 0 unspecified atom stereocenters. The number of rotatable bonds is 6. The van der Waals surface area contributed by atoms with E-state index in [1.165, 1.54) is 0 Å². The molecule has 154 valence electrons. The Hall–Kier alpha value is -3.20. The monoisotopic (exact) mass is 399 g/mol. The maximum atomic E-state index is 13.0. The van der Waals surface area contributed by atoms with Gasteiger partial charge in [-0.25, -0.2) is 0 Å². The van der Waals surface area contributed by atoms with Crippen LogP contribution in [0.4, 0.5) is 17.2 Å². The van der Waals surface area contributed by atoms with E-state index in [0.717, 1.165) is 0 Å². The summed E-state index contributed by atoms with van der Waals surface area (Å²) in [5.74, 6) is 0.534. The fourth-order valence-electron chi connectivity index (χ4n) is 3.28. The van der Waals surface area contributed by atoms with Crippen LogP contribution in [0.2, 0.25) is 0 Å². The summed E-state index contributed by atoms with van der Waals surface area (Å²) >= 11 is 0. The largest absolute Gasteiger partial charge is 0.360 e. The van der Waals surface area contributed by atoms with Crippen molar-refractivity contribution in [1.82, 2.24) is 10.1 Å². The van der Waals surface area contributed by atoms with Crippen molar-refractivity contribution < 1.29 is 18.9 Å². The van der Waals surface area contributed by atoms with Crippen molar-refractivity contribution in [3.63, 3.8) is 0 Å². The number of amides is 3. The van der Waals surface area contributed by atoms with Gasteiger partial charge in [-0.1, -0.05) is 17.3 Å². The first-order valence-electron chi connectivity index (χ1n) is 9.46. The van der Waals surface area contributed by atoms with Gasteiger partial charge >= 0.3 is 0 Å². The summed E-state index contributed by atoms with van der Waals surface area (Å²) in [6, 6.07) is 8.63. The van der Waals surface area contributed by atoms with Crippen molar-refractivity contribution in [3.8, 4) is 0 Å². The van der Waals surface area contributed by atoms with Crippen molar-refractivity contribution >= 4 is 34.9 Å². The van der Waals surface area contributed by atoms with Crippen molar-refractivity contribution in [1.29, 1.82) is 0 Å². The van der Waals surface area contributed by atoms with Crippen LogP contribution in [0.25, 0.3) is 0 Å². The van der Waals surface area contributed by atoms with Crippen molar-refractivity contribution in [2.24, 2.45) is 0 Å². The highest BCUT2D eigenvalue weighted by molar-refractivity contribution is 6.04. The van der Waals surface area contributed by atoms with Gasteiger partial charge in [-0.15, -0.1) is 0 Å². The second kappa shape index (κ2) is 8.87. The van der Waals surface area contributed by atoms with E-state index < -0.39 is 0 Å². The summed E-state index contributed by atoms with van der Waals surface area (Å²) < 4.78 is 4.91. The smallest absolute Gasteiger partial charge is 0.241 e. The zero-order valence-corrected chi connectivity index (χ0v) is 16.8. The molecule has 9 nitrogen and oxygen atoms in total. The molecule has 0 aliphatic carbocycles. The topological polar surface area (TPSA) is 108 Å². The number of likely N-dealkylation sites (N-methyl/N-ethyl adjacent to an activating group) is 1. The molecule has 3 amide bonds. The third-order valence-corrected chi connectivity index (χ3v) is 4.65. The molecule has 1 aromatic carbocycles. The summed E-state index contributed by atoms with van der Waals surface area (Å²) in [6.45, 7) is 4.12. The van der Waals surface area contributed by atoms with E-state index in [1.807, 2.05) is 25.1 Å². The van der Waals surface area contributed by atoms with E-state index in [2.05, 4.69) is 15.8 Å². The van der Waals surface area contributed by atoms with Crippen LogP contribution in [0, 0.1) is 6.92 Å². The Morgan fingerprint density at radius 3 is 2.86 bits per heavy atom. The van der Waals surface area contributed by atoms with Crippen molar-refractivity contribution in [2.45, 2.75) is 32.7 Å². The third kappa shape index (κ3) is 5.20. The lowest BCUT2D eigenvalue weighted by molar-refractivity contribution is -0.121. The molecule has 2 heterocycles. The van der Waals surface area contributed by atoms with Gasteiger partial charge in [0.25, 0.3) is 0 Å². The van der Waals surface area contributed by atoms with Gasteiger partial charge in [0.15, 0.2) is 5.82 Å². The Morgan fingerprint density at radius 2 is 2.14 bits per heavy atom. The molecule has 0 radical (unpaired) electrons. The predicted octanol–water partition coefficient (Wildman–Crippen LogP) is 2.01. The highest BCUT2D eigenvalue weighted by Gasteiger charge is 2.29. The van der Waals surface area contributed by atoms with E-state index in [0.29, 0.717) is 29.5 Å². The molecule has 1 aromatic heterocycles. The Morgan fingerprint density at radius 1 is 1.38 bits per heavy atom. The number of carbonyl (C=O) groups excluding carboxylic acids is 3. The maximum absolute atomic E-state index is 13.0. The maximum Gasteiger partial charge on any atom is 0.241 e. The average molecular weight is 399 g/mol. The van der Waals surface area contributed by atoms with Crippen LogP contribution >= 0.6 is 0 Å². The van der Waals surface area contributed by atoms with E-state index in [-0.39, 0.29) is 43.1 Å². The summed E-state index contributed by atoms with van der Waals surface area (Å²) in [5.41, 5.74) is 1.31. The highest BCUT2D eigenvalue weighted by atomic mass is 16.5. The molecule has 1 atom stereocenters. The summed E-state index contributed by atoms with van der Waals surface area (Å²) in [7, 11) is 1.78. The minimum absolute atomic E-state index is 0.117. The first-order chi connectivity index (χ1) is 13.8. The number of para-hydroxylation sites is 2. The molecule has 0 saturated carbocycles. The Balaban J connectivity index is 1.58. The molecule has 1 aliphatic heterocycles. The molecule has 0 fully saturated rings. The number of fused-ring (bicyclic) bond motifs is 1. The molecule has 2 aromatic rings. The quantitative estimate of drug-likeness (QED) is 0.769. The molecule has 9 heteroatoms. The Bertz CT molecular complexity index is 910. The Labute approximate surface area is 169 Å². The lowest BCUT2D eigenvalue weighted by atomic mass is 10.1. The molecule has 0 bridgehead atoms. The average Bonchev–Trinajstić information content (AvgIpc) is 3.00. The molecule has 0 saturated heterocycles. The minimum Gasteiger partial charge on any atom is -0.360 e. The fraction of sp³-hybridized carbons (Fsp3) is 0.400. The van der Waals surface area contributed by atoms with Crippen molar-refractivity contribution in [2.75, 3.05) is 35.7 Å². The Kier molecular flexibility index (Phi) is 6.28. The van der Waals surface area contributed by atoms with Crippen LogP contribution in [0.3, 0.4) is 0 Å². The fourth-order valence-corrected chi connectivity index (χ4v) is 3.28. The van der Waals surface area contributed by atoms with E-state index >= 15 is 0 Å². The lowest BCUT2D eigenvalue weighted by Crippen LogP contribution is -2.44. The minimum atomic E-state index is -0.266. The molecule has 2 N–H and O–H groups in total. The summed E-state index contributed by atoms with van der Waals surface area (Å²) in [4.78, 5) is 40.5. The predicted molar refractivity (Wildman–Crippen MR) is 109 cm³/mol. The van der Waals surface area contributed by atoms with Crippen LogP contribution in [0.1, 0.15) is 25.5 Å². The third-order valence-electron chi connectivity index (χ3n) is 4.65. The van der Waals surface area contributed by atoms with Gasteiger partial charge in [-0.05, 0) is 33.0 Å². The van der Waals surface area contributed by atoms with Gasteiger partial charge in [0.2, 0.25) is 17.7 Å². The summed E-state index contributed by atoms with van der Waals surface area (Å²) in [5, 5.41) is 9.22. The van der Waals surface area contributed by atoms with Gasteiger partial charge < -0.3 is 20.1 Å². The number of hydrogen-bond donors (Lipinski definition) is 2. The molecule has 3 rings (SSSR count). The molecular formula is C20H25N5O4. The van der Waals surface area contributed by atoms with E-state index in [1.54, 1.807) is 35.9 Å². The summed E-state index contributed by atoms with van der Waals surface area (Å²) in [6.07, 6.45) is 0.436. The normalized spacial score (nSPS) is 16.2. The molecular weight excluding hydrogens is 374 g/mol. The molecule has 0 spiro atoms. The van der Waals surface area contributed by atoms with Gasteiger partial charge in [-0.3, -0.25) is 19.3 Å². The molecule has 29 heavy (non-hydrogen) atoms. The zero-order chi connectivity index (χ0) is 21.0.